The molecule has 0 saturated heterocycles. The van der Waals surface area contributed by atoms with Crippen molar-refractivity contribution in [3.05, 3.63) is 69.2 Å². The summed E-state index contributed by atoms with van der Waals surface area (Å²) in [5, 5.41) is 3.89. The summed E-state index contributed by atoms with van der Waals surface area (Å²) in [4.78, 5) is 27.7. The molecule has 33 heavy (non-hydrogen) atoms. The van der Waals surface area contributed by atoms with Gasteiger partial charge in [-0.05, 0) is 47.9 Å². The third-order valence-corrected chi connectivity index (χ3v) is 6.40. The van der Waals surface area contributed by atoms with E-state index in [2.05, 4.69) is 50.4 Å². The number of carbonyl (C=O) groups excluding carboxylic acids is 2. The van der Waals surface area contributed by atoms with Gasteiger partial charge in [-0.2, -0.15) is 0 Å². The summed E-state index contributed by atoms with van der Waals surface area (Å²) in [7, 11) is 0. The number of benzene rings is 2. The second-order valence-corrected chi connectivity index (χ2v) is 10.8. The van der Waals surface area contributed by atoms with Gasteiger partial charge in [0.2, 0.25) is 11.8 Å². The van der Waals surface area contributed by atoms with Crippen LogP contribution in [-0.2, 0) is 28.0 Å². The molecular formula is C27H36Cl2N2O2. The minimum atomic E-state index is -0.646. The maximum absolute atomic E-state index is 13.3. The van der Waals surface area contributed by atoms with Gasteiger partial charge >= 0.3 is 0 Å². The number of aryl methyl sites for hydroxylation is 1. The highest BCUT2D eigenvalue weighted by Crippen LogP contribution is 2.27. The lowest BCUT2D eigenvalue weighted by Gasteiger charge is -2.30. The first-order valence-electron chi connectivity index (χ1n) is 11.5. The van der Waals surface area contributed by atoms with E-state index in [0.717, 1.165) is 5.56 Å². The van der Waals surface area contributed by atoms with Gasteiger partial charge in [0.25, 0.3) is 0 Å². The van der Waals surface area contributed by atoms with E-state index in [1.807, 2.05) is 13.8 Å². The molecule has 2 rings (SSSR count). The van der Waals surface area contributed by atoms with Gasteiger partial charge in [0.05, 0.1) is 0 Å². The van der Waals surface area contributed by atoms with E-state index in [1.165, 1.54) is 5.56 Å². The Morgan fingerprint density at radius 3 is 2.06 bits per heavy atom. The highest BCUT2D eigenvalue weighted by molar-refractivity contribution is 6.36. The number of amides is 2. The van der Waals surface area contributed by atoms with Crippen molar-refractivity contribution in [2.75, 3.05) is 6.54 Å². The Morgan fingerprint density at radius 2 is 1.55 bits per heavy atom. The second kappa shape index (κ2) is 11.9. The lowest BCUT2D eigenvalue weighted by atomic mass is 9.86. The molecule has 0 aliphatic carbocycles. The zero-order valence-electron chi connectivity index (χ0n) is 20.5. The Hall–Kier alpha value is -2.04. The molecule has 0 spiro atoms. The van der Waals surface area contributed by atoms with Crippen molar-refractivity contribution in [2.24, 2.45) is 5.92 Å². The molecule has 0 saturated carbocycles. The van der Waals surface area contributed by atoms with E-state index < -0.39 is 6.04 Å². The number of nitrogens with zero attached hydrogens (tertiary/aromatic N) is 1. The summed E-state index contributed by atoms with van der Waals surface area (Å²) < 4.78 is 0. The monoisotopic (exact) mass is 490 g/mol. The smallest absolute Gasteiger partial charge is 0.242 e. The fourth-order valence-electron chi connectivity index (χ4n) is 3.46. The van der Waals surface area contributed by atoms with Gasteiger partial charge in [-0.15, -0.1) is 0 Å². The molecule has 1 atom stereocenters. The average Bonchev–Trinajstić information content (AvgIpc) is 2.75. The van der Waals surface area contributed by atoms with Crippen molar-refractivity contribution >= 4 is 35.0 Å². The van der Waals surface area contributed by atoms with Crippen LogP contribution in [0.25, 0.3) is 0 Å². The van der Waals surface area contributed by atoms with Crippen LogP contribution >= 0.6 is 23.2 Å². The quantitative estimate of drug-likeness (QED) is 0.441. The third kappa shape index (κ3) is 8.04. The minimum absolute atomic E-state index is 0.0815. The zero-order chi connectivity index (χ0) is 24.8. The highest BCUT2D eigenvalue weighted by Gasteiger charge is 2.27. The van der Waals surface area contributed by atoms with Gasteiger partial charge in [0.1, 0.15) is 6.04 Å². The summed E-state index contributed by atoms with van der Waals surface area (Å²) in [5.74, 6) is 0.0206. The maximum atomic E-state index is 13.3. The molecule has 180 valence electrons. The fraction of sp³-hybridized carbons (Fsp3) is 0.481. The number of hydrogen-bond acceptors (Lipinski definition) is 2. The molecule has 0 radical (unpaired) electrons. The van der Waals surface area contributed by atoms with Crippen molar-refractivity contribution in [2.45, 2.75) is 72.4 Å². The standard InChI is InChI=1S/C27H36Cl2N2O2/c1-18(2)16-30-26(33)19(3)31(17-22-23(28)8-7-9-24(22)29)25(32)15-12-20-10-13-21(14-11-20)27(4,5)6/h7-11,13-14,18-19H,12,15-17H2,1-6H3,(H,30,33)/t19-/m1/s1. The van der Waals surface area contributed by atoms with E-state index in [4.69, 9.17) is 23.2 Å². The van der Waals surface area contributed by atoms with Crippen LogP contribution in [0, 0.1) is 5.92 Å². The lowest BCUT2D eigenvalue weighted by molar-refractivity contribution is -0.140. The number of carbonyl (C=O) groups is 2. The van der Waals surface area contributed by atoms with E-state index in [9.17, 15) is 9.59 Å². The summed E-state index contributed by atoms with van der Waals surface area (Å²) in [6.45, 7) is 13.1. The van der Waals surface area contributed by atoms with Crippen LogP contribution in [0.1, 0.15) is 64.7 Å². The average molecular weight is 492 g/mol. The Balaban J connectivity index is 2.19. The Kier molecular flexibility index (Phi) is 9.81. The molecule has 0 heterocycles. The van der Waals surface area contributed by atoms with Crippen LogP contribution in [0.4, 0.5) is 0 Å². The molecule has 4 nitrogen and oxygen atoms in total. The van der Waals surface area contributed by atoms with Crippen molar-refractivity contribution in [3.63, 3.8) is 0 Å². The first-order valence-corrected chi connectivity index (χ1v) is 12.2. The van der Waals surface area contributed by atoms with E-state index in [-0.39, 0.29) is 23.8 Å². The molecule has 2 aromatic carbocycles. The molecule has 0 aliphatic rings. The number of halogens is 2. The second-order valence-electron chi connectivity index (χ2n) is 9.98. The molecule has 0 bridgehead atoms. The highest BCUT2D eigenvalue weighted by atomic mass is 35.5. The Bertz CT molecular complexity index is 929. The fourth-order valence-corrected chi connectivity index (χ4v) is 3.97. The SMILES string of the molecule is CC(C)CNC(=O)[C@@H](C)N(Cc1c(Cl)cccc1Cl)C(=O)CCc1ccc(C(C)(C)C)cc1. The Labute approximate surface area is 208 Å². The van der Waals surface area contributed by atoms with Gasteiger partial charge < -0.3 is 10.2 Å². The maximum Gasteiger partial charge on any atom is 0.242 e. The van der Waals surface area contributed by atoms with Crippen LogP contribution in [0.2, 0.25) is 10.0 Å². The predicted octanol–water partition coefficient (Wildman–Crippen LogP) is 6.41. The number of rotatable bonds is 9. The molecule has 0 unspecified atom stereocenters. The van der Waals surface area contributed by atoms with Crippen LogP contribution in [0.3, 0.4) is 0 Å². The minimum Gasteiger partial charge on any atom is -0.354 e. The predicted molar refractivity (Wildman–Crippen MR) is 138 cm³/mol. The lowest BCUT2D eigenvalue weighted by Crippen LogP contribution is -2.48. The van der Waals surface area contributed by atoms with Crippen molar-refractivity contribution in [1.29, 1.82) is 0 Å². The summed E-state index contributed by atoms with van der Waals surface area (Å²) in [5.41, 5.74) is 3.07. The van der Waals surface area contributed by atoms with Gasteiger partial charge in [-0.1, -0.05) is 88.2 Å². The largest absolute Gasteiger partial charge is 0.354 e. The number of nitrogens with one attached hydrogen (secondary N) is 1. The zero-order valence-corrected chi connectivity index (χ0v) is 22.1. The van der Waals surface area contributed by atoms with Crippen molar-refractivity contribution in [3.8, 4) is 0 Å². The molecule has 2 amide bonds. The van der Waals surface area contributed by atoms with Crippen molar-refractivity contribution < 1.29 is 9.59 Å². The van der Waals surface area contributed by atoms with Gasteiger partial charge in [0.15, 0.2) is 0 Å². The topological polar surface area (TPSA) is 49.4 Å². The molecule has 0 aromatic heterocycles. The summed E-state index contributed by atoms with van der Waals surface area (Å²) >= 11 is 12.7. The molecule has 2 aromatic rings. The normalized spacial score (nSPS) is 12.5. The van der Waals surface area contributed by atoms with Crippen LogP contribution in [0.15, 0.2) is 42.5 Å². The van der Waals surface area contributed by atoms with Crippen LogP contribution < -0.4 is 5.32 Å². The molecular weight excluding hydrogens is 455 g/mol. The first kappa shape index (κ1) is 27.2. The summed E-state index contributed by atoms with van der Waals surface area (Å²) in [6, 6.07) is 13.0. The molecule has 0 fully saturated rings. The molecule has 0 aliphatic heterocycles. The third-order valence-electron chi connectivity index (χ3n) is 5.69. The van der Waals surface area contributed by atoms with Crippen molar-refractivity contribution in [1.82, 2.24) is 10.2 Å². The first-order chi connectivity index (χ1) is 15.4. The summed E-state index contributed by atoms with van der Waals surface area (Å²) in [6.07, 6.45) is 0.884. The van der Waals surface area contributed by atoms with E-state index in [1.54, 1.807) is 30.0 Å². The van der Waals surface area contributed by atoms with E-state index in [0.29, 0.717) is 40.9 Å². The van der Waals surface area contributed by atoms with Gasteiger partial charge in [-0.25, -0.2) is 0 Å². The number of hydrogen-bond donors (Lipinski definition) is 1. The molecule has 1 N–H and O–H groups in total. The van der Waals surface area contributed by atoms with E-state index >= 15 is 0 Å². The van der Waals surface area contributed by atoms with Crippen LogP contribution in [0.5, 0.6) is 0 Å². The van der Waals surface area contributed by atoms with Gasteiger partial charge in [0, 0.05) is 35.1 Å². The van der Waals surface area contributed by atoms with Gasteiger partial charge in [-0.3, -0.25) is 9.59 Å². The van der Waals surface area contributed by atoms with Crippen LogP contribution in [-0.4, -0.2) is 29.3 Å². The Morgan fingerprint density at radius 1 is 0.970 bits per heavy atom. The molecule has 6 heteroatoms.